The fraction of sp³-hybridized carbons (Fsp3) is 0.147. The van der Waals surface area contributed by atoms with Gasteiger partial charge in [-0.25, -0.2) is 9.79 Å². The molecule has 0 saturated heterocycles. The first kappa shape index (κ1) is 33.4. The van der Waals surface area contributed by atoms with Crippen LogP contribution in [0.2, 0.25) is 5.02 Å². The van der Waals surface area contributed by atoms with Gasteiger partial charge in [0.25, 0.3) is 5.56 Å². The summed E-state index contributed by atoms with van der Waals surface area (Å²) in [5.41, 5.74) is -1.11. The van der Waals surface area contributed by atoms with Gasteiger partial charge in [0, 0.05) is 15.1 Å². The van der Waals surface area contributed by atoms with Gasteiger partial charge < -0.3 is 9.47 Å². The predicted octanol–water partition coefficient (Wildman–Crippen LogP) is 8.09. The summed E-state index contributed by atoms with van der Waals surface area (Å²) in [5, 5.41) is 2.44. The highest BCUT2D eigenvalue weighted by atomic mass is 127. The van der Waals surface area contributed by atoms with E-state index in [1.54, 1.807) is 12.1 Å². The average Bonchev–Trinajstić information content (AvgIpc) is 3.34. The molecular weight excluding hydrogens is 832 g/mol. The van der Waals surface area contributed by atoms with E-state index in [4.69, 9.17) is 21.1 Å². The maximum absolute atomic E-state index is 14.5. The molecule has 0 bridgehead atoms. The molecule has 0 unspecified atom stereocenters. The van der Waals surface area contributed by atoms with Crippen LogP contribution >= 0.6 is 61.5 Å². The number of esters is 1. The third-order valence-corrected chi connectivity index (χ3v) is 9.85. The Bertz CT molecular complexity index is 2250. The van der Waals surface area contributed by atoms with Crippen LogP contribution in [0, 0.1) is 3.57 Å². The van der Waals surface area contributed by atoms with Crippen LogP contribution in [-0.4, -0.2) is 23.3 Å². The number of halogens is 6. The molecule has 0 N–H and O–H groups in total. The van der Waals surface area contributed by atoms with E-state index in [-0.39, 0.29) is 28.1 Å². The Hall–Kier alpha value is -3.46. The number of nitrogens with zero attached hydrogens (tertiary/aromatic N) is 2. The molecule has 6 nitrogen and oxygen atoms in total. The molecule has 0 saturated carbocycles. The number of benzene rings is 4. The number of hydrogen-bond donors (Lipinski definition) is 0. The van der Waals surface area contributed by atoms with Gasteiger partial charge in [0.1, 0.15) is 12.4 Å². The quantitative estimate of drug-likeness (QED) is 0.123. The SMILES string of the molecule is CCOC(=O)C1=C(C(F)(F)F)N=c2s/c(=C\c3cc(Br)cc(I)c3OCc3cccc4ccccc34)c(=O)n2[C@@H]1c1ccc(Cl)cc1. The largest absolute Gasteiger partial charge is 0.487 e. The molecule has 0 fully saturated rings. The molecule has 0 amide bonds. The van der Waals surface area contributed by atoms with Crippen LogP contribution in [-0.2, 0) is 16.1 Å². The first-order valence-electron chi connectivity index (χ1n) is 14.1. The van der Waals surface area contributed by atoms with Gasteiger partial charge in [0.2, 0.25) is 0 Å². The number of carbonyl (C=O) groups excluding carboxylic acids is 1. The number of fused-ring (bicyclic) bond motifs is 2. The summed E-state index contributed by atoms with van der Waals surface area (Å²) in [6.45, 7) is 1.54. The summed E-state index contributed by atoms with van der Waals surface area (Å²) in [4.78, 5) is 30.8. The molecule has 0 radical (unpaired) electrons. The molecule has 1 aliphatic heterocycles. The Morgan fingerprint density at radius 2 is 1.83 bits per heavy atom. The number of ether oxygens (including phenoxy) is 2. The minimum absolute atomic E-state index is 0.0956. The van der Waals surface area contributed by atoms with Crippen LogP contribution in [0.1, 0.15) is 29.7 Å². The summed E-state index contributed by atoms with van der Waals surface area (Å²) < 4.78 is 57.4. The molecule has 47 heavy (non-hydrogen) atoms. The Balaban J connectivity index is 1.52. The van der Waals surface area contributed by atoms with Crippen molar-refractivity contribution in [2.45, 2.75) is 25.7 Å². The number of alkyl halides is 3. The lowest BCUT2D eigenvalue weighted by molar-refractivity contribution is -0.140. The van der Waals surface area contributed by atoms with Gasteiger partial charge in [-0.1, -0.05) is 93.5 Å². The van der Waals surface area contributed by atoms with Crippen molar-refractivity contribution in [2.24, 2.45) is 4.99 Å². The van der Waals surface area contributed by atoms with E-state index in [2.05, 4.69) is 43.5 Å². The Labute approximate surface area is 297 Å². The molecule has 4 aromatic carbocycles. The van der Waals surface area contributed by atoms with Crippen LogP contribution in [0.4, 0.5) is 13.2 Å². The zero-order valence-electron chi connectivity index (χ0n) is 24.3. The number of rotatable bonds is 7. The molecule has 5 aromatic rings. The van der Waals surface area contributed by atoms with Gasteiger partial charge in [-0.3, -0.25) is 9.36 Å². The number of allylic oxidation sites excluding steroid dienone is 1. The Morgan fingerprint density at radius 1 is 1.11 bits per heavy atom. The molecule has 1 atom stereocenters. The van der Waals surface area contributed by atoms with Crippen molar-refractivity contribution in [1.29, 1.82) is 0 Å². The standard InChI is InChI=1S/C34H22BrClF3IN2O4S/c1-2-45-32(44)27-28(19-10-12-23(36)13-11-19)42-31(43)26(47-33(42)41-30(27)34(37,38)39)15-21-14-22(35)16-25(40)29(21)46-17-20-8-5-7-18-6-3-4-9-24(18)20/h3-16,28H,2,17H2,1H3/b26-15-/t28-/m1/s1. The second-order valence-electron chi connectivity index (χ2n) is 10.3. The maximum atomic E-state index is 14.5. The van der Waals surface area contributed by atoms with Crippen LogP contribution in [0.3, 0.4) is 0 Å². The first-order valence-corrected chi connectivity index (χ1v) is 17.2. The average molecular weight is 854 g/mol. The van der Waals surface area contributed by atoms with Gasteiger partial charge in [0.15, 0.2) is 10.5 Å². The van der Waals surface area contributed by atoms with E-state index in [0.29, 0.717) is 20.8 Å². The third kappa shape index (κ3) is 6.78. The van der Waals surface area contributed by atoms with Crippen molar-refractivity contribution in [3.63, 3.8) is 0 Å². The molecule has 0 aliphatic carbocycles. The molecule has 1 aromatic heterocycles. The topological polar surface area (TPSA) is 69.9 Å². The lowest BCUT2D eigenvalue weighted by atomic mass is 9.95. The lowest BCUT2D eigenvalue weighted by Gasteiger charge is -2.26. The molecule has 1 aliphatic rings. The van der Waals surface area contributed by atoms with Crippen molar-refractivity contribution in [3.05, 3.63) is 140 Å². The third-order valence-electron chi connectivity index (χ3n) is 7.36. The fourth-order valence-electron chi connectivity index (χ4n) is 5.35. The van der Waals surface area contributed by atoms with Crippen molar-refractivity contribution in [1.82, 2.24) is 4.57 Å². The number of aromatic nitrogens is 1. The van der Waals surface area contributed by atoms with E-state index >= 15 is 0 Å². The second kappa shape index (κ2) is 13.6. The summed E-state index contributed by atoms with van der Waals surface area (Å²) in [7, 11) is 0. The molecule has 240 valence electrons. The van der Waals surface area contributed by atoms with Gasteiger partial charge in [-0.05, 0) is 81.8 Å². The highest BCUT2D eigenvalue weighted by molar-refractivity contribution is 14.1. The van der Waals surface area contributed by atoms with Crippen LogP contribution in [0.15, 0.2) is 104 Å². The van der Waals surface area contributed by atoms with Crippen molar-refractivity contribution in [3.8, 4) is 5.75 Å². The minimum Gasteiger partial charge on any atom is -0.487 e. The predicted molar refractivity (Wildman–Crippen MR) is 187 cm³/mol. The smallest absolute Gasteiger partial charge is 0.434 e. The van der Waals surface area contributed by atoms with Gasteiger partial charge >= 0.3 is 12.1 Å². The van der Waals surface area contributed by atoms with E-state index in [9.17, 15) is 22.8 Å². The summed E-state index contributed by atoms with van der Waals surface area (Å²) in [5.74, 6) is -0.728. The normalized spacial score (nSPS) is 15.0. The molecule has 13 heteroatoms. The van der Waals surface area contributed by atoms with E-state index in [1.807, 2.05) is 48.5 Å². The van der Waals surface area contributed by atoms with E-state index in [1.165, 1.54) is 31.2 Å². The van der Waals surface area contributed by atoms with Gasteiger partial charge in [0.05, 0.1) is 26.3 Å². The van der Waals surface area contributed by atoms with E-state index in [0.717, 1.165) is 35.8 Å². The highest BCUT2D eigenvalue weighted by Gasteiger charge is 2.45. The second-order valence-corrected chi connectivity index (χ2v) is 13.9. The summed E-state index contributed by atoms with van der Waals surface area (Å²) >= 11 is 12.5. The molecule has 0 spiro atoms. The molecule has 6 rings (SSSR count). The lowest BCUT2D eigenvalue weighted by Crippen LogP contribution is -2.41. The van der Waals surface area contributed by atoms with Crippen molar-refractivity contribution in [2.75, 3.05) is 6.61 Å². The Morgan fingerprint density at radius 3 is 2.55 bits per heavy atom. The maximum Gasteiger partial charge on any atom is 0.434 e. The van der Waals surface area contributed by atoms with Gasteiger partial charge in [-0.2, -0.15) is 13.2 Å². The number of carbonyl (C=O) groups is 1. The molecular formula is C34H22BrClF3IN2O4S. The molecule has 2 heterocycles. The monoisotopic (exact) mass is 852 g/mol. The zero-order chi connectivity index (χ0) is 33.5. The van der Waals surface area contributed by atoms with Crippen LogP contribution in [0.25, 0.3) is 16.8 Å². The van der Waals surface area contributed by atoms with E-state index < -0.39 is 35.0 Å². The zero-order valence-corrected chi connectivity index (χ0v) is 29.6. The van der Waals surface area contributed by atoms with Crippen molar-refractivity contribution >= 4 is 84.3 Å². The minimum atomic E-state index is -5.01. The summed E-state index contributed by atoms with van der Waals surface area (Å²) in [6.07, 6.45) is -3.44. The Kier molecular flexibility index (Phi) is 9.66. The highest BCUT2D eigenvalue weighted by Crippen LogP contribution is 2.39. The first-order chi connectivity index (χ1) is 22.5. The fourth-order valence-corrected chi connectivity index (χ4v) is 8.17. The van der Waals surface area contributed by atoms with Crippen LogP contribution < -0.4 is 19.6 Å². The number of hydrogen-bond acceptors (Lipinski definition) is 6. The van der Waals surface area contributed by atoms with Crippen LogP contribution in [0.5, 0.6) is 5.75 Å². The van der Waals surface area contributed by atoms with Gasteiger partial charge in [-0.15, -0.1) is 0 Å². The summed E-state index contributed by atoms with van der Waals surface area (Å²) in [6, 6.07) is 21.9. The number of thiazole rings is 1. The van der Waals surface area contributed by atoms with Crippen molar-refractivity contribution < 1.29 is 27.4 Å².